The standard InChI is InChI=1S/C13H13NO3.C12H11NO3.C2H6/c1-16-12-7-6-9(8-14-17-2)13-10(12)4-3-5-11(13)15;1-16-11-6-5-8(7-13-15)12-9(11)3-2-4-10(12)14;1-2/h3-8,15H,1-2H3;2-7,14-15H,1H3;1-2H3/b14-8+;13-7+;. The normalized spacial score (nSPS) is 10.5. The third kappa shape index (κ3) is 6.11. The Kier molecular flexibility index (Phi) is 10.2. The Morgan fingerprint density at radius 2 is 1.11 bits per heavy atom. The molecular weight excluding hydrogens is 448 g/mol. The third-order valence-electron chi connectivity index (χ3n) is 4.96. The largest absolute Gasteiger partial charge is 0.507 e. The van der Waals surface area contributed by atoms with E-state index in [0.717, 1.165) is 16.3 Å². The number of nitrogens with zero attached hydrogens (tertiary/aromatic N) is 2. The molecule has 0 fully saturated rings. The molecule has 184 valence electrons. The summed E-state index contributed by atoms with van der Waals surface area (Å²) in [6.07, 6.45) is 2.84. The van der Waals surface area contributed by atoms with E-state index in [0.29, 0.717) is 27.8 Å². The average molecular weight is 479 g/mol. The van der Waals surface area contributed by atoms with Gasteiger partial charge in [-0.2, -0.15) is 0 Å². The number of rotatable bonds is 5. The Morgan fingerprint density at radius 1 is 0.657 bits per heavy atom. The van der Waals surface area contributed by atoms with Gasteiger partial charge in [-0.15, -0.1) is 0 Å². The van der Waals surface area contributed by atoms with Crippen LogP contribution in [-0.2, 0) is 4.84 Å². The van der Waals surface area contributed by atoms with Crippen molar-refractivity contribution in [3.8, 4) is 23.0 Å². The minimum atomic E-state index is 0.131. The molecule has 0 aliphatic heterocycles. The summed E-state index contributed by atoms with van der Waals surface area (Å²) in [6.45, 7) is 4.00. The zero-order valence-corrected chi connectivity index (χ0v) is 20.4. The summed E-state index contributed by atoms with van der Waals surface area (Å²) in [5.41, 5.74) is 1.41. The second kappa shape index (κ2) is 13.3. The lowest BCUT2D eigenvalue weighted by molar-refractivity contribution is 0.215. The zero-order chi connectivity index (χ0) is 25.8. The molecule has 0 spiro atoms. The average Bonchev–Trinajstić information content (AvgIpc) is 2.89. The number of benzene rings is 4. The summed E-state index contributed by atoms with van der Waals surface area (Å²) < 4.78 is 10.5. The van der Waals surface area contributed by atoms with Gasteiger partial charge < -0.3 is 29.7 Å². The topological polar surface area (TPSA) is 113 Å². The maximum atomic E-state index is 9.91. The molecule has 0 amide bonds. The van der Waals surface area contributed by atoms with Crippen molar-refractivity contribution in [3.05, 3.63) is 71.8 Å². The van der Waals surface area contributed by atoms with E-state index >= 15 is 0 Å². The molecule has 0 bridgehead atoms. The number of hydrogen-bond donors (Lipinski definition) is 3. The first-order valence-corrected chi connectivity index (χ1v) is 10.9. The summed E-state index contributed by atoms with van der Waals surface area (Å²) in [5.74, 6) is 1.71. The van der Waals surface area contributed by atoms with E-state index in [1.54, 1.807) is 56.8 Å². The molecule has 0 aliphatic rings. The smallest absolute Gasteiger partial charge is 0.126 e. The van der Waals surface area contributed by atoms with Crippen molar-refractivity contribution in [3.63, 3.8) is 0 Å². The number of phenols is 2. The molecule has 0 aliphatic carbocycles. The maximum absolute atomic E-state index is 9.91. The van der Waals surface area contributed by atoms with Crippen LogP contribution in [0, 0.1) is 0 Å². The minimum absolute atomic E-state index is 0.131. The highest BCUT2D eigenvalue weighted by Gasteiger charge is 2.10. The first-order chi connectivity index (χ1) is 17.0. The summed E-state index contributed by atoms with van der Waals surface area (Å²) in [5, 5.41) is 37.9. The number of aromatic hydroxyl groups is 2. The third-order valence-corrected chi connectivity index (χ3v) is 4.96. The Balaban J connectivity index is 0.000000231. The lowest BCUT2D eigenvalue weighted by atomic mass is 10.0. The predicted octanol–water partition coefficient (Wildman–Crippen LogP) is 5.92. The van der Waals surface area contributed by atoms with E-state index in [2.05, 4.69) is 15.1 Å². The van der Waals surface area contributed by atoms with Crippen molar-refractivity contribution in [2.24, 2.45) is 10.3 Å². The van der Waals surface area contributed by atoms with E-state index in [-0.39, 0.29) is 11.5 Å². The molecule has 4 rings (SSSR count). The molecule has 3 N–H and O–H groups in total. The van der Waals surface area contributed by atoms with Gasteiger partial charge in [0.1, 0.15) is 30.1 Å². The first-order valence-electron chi connectivity index (χ1n) is 10.9. The van der Waals surface area contributed by atoms with Crippen LogP contribution in [-0.4, -0.2) is 49.2 Å². The summed E-state index contributed by atoms with van der Waals surface area (Å²) >= 11 is 0. The fourth-order valence-electron chi connectivity index (χ4n) is 3.52. The van der Waals surface area contributed by atoms with E-state index < -0.39 is 0 Å². The maximum Gasteiger partial charge on any atom is 0.126 e. The highest BCUT2D eigenvalue weighted by molar-refractivity contribution is 6.06. The van der Waals surface area contributed by atoms with Crippen LogP contribution >= 0.6 is 0 Å². The Bertz CT molecular complexity index is 1320. The van der Waals surface area contributed by atoms with Gasteiger partial charge in [0.2, 0.25) is 0 Å². The van der Waals surface area contributed by atoms with Crippen LogP contribution in [0.15, 0.2) is 71.0 Å². The van der Waals surface area contributed by atoms with Crippen LogP contribution in [0.4, 0.5) is 0 Å². The number of phenolic OH excluding ortho intramolecular Hbond substituents is 2. The van der Waals surface area contributed by atoms with Crippen LogP contribution in [0.25, 0.3) is 21.5 Å². The second-order valence-electron chi connectivity index (χ2n) is 6.78. The number of ether oxygens (including phenoxy) is 2. The van der Waals surface area contributed by atoms with Crippen molar-refractivity contribution in [1.82, 2.24) is 0 Å². The molecule has 0 heterocycles. The van der Waals surface area contributed by atoms with Gasteiger partial charge in [-0.05, 0) is 36.4 Å². The van der Waals surface area contributed by atoms with Crippen molar-refractivity contribution in [2.45, 2.75) is 13.8 Å². The number of fused-ring (bicyclic) bond motifs is 2. The first kappa shape index (κ1) is 26.8. The molecule has 35 heavy (non-hydrogen) atoms. The van der Waals surface area contributed by atoms with E-state index in [1.807, 2.05) is 38.1 Å². The number of oxime groups is 2. The lowest BCUT2D eigenvalue weighted by Crippen LogP contribution is -1.90. The molecule has 8 nitrogen and oxygen atoms in total. The van der Waals surface area contributed by atoms with Gasteiger partial charge in [-0.25, -0.2) is 0 Å². The van der Waals surface area contributed by atoms with Crippen LogP contribution in [0.1, 0.15) is 25.0 Å². The van der Waals surface area contributed by atoms with Crippen LogP contribution in [0.5, 0.6) is 23.0 Å². The van der Waals surface area contributed by atoms with Crippen LogP contribution in [0.2, 0.25) is 0 Å². The van der Waals surface area contributed by atoms with Crippen LogP contribution < -0.4 is 9.47 Å². The molecule has 0 atom stereocenters. The summed E-state index contributed by atoms with van der Waals surface area (Å²) in [6, 6.07) is 17.6. The Hall–Kier alpha value is -4.46. The minimum Gasteiger partial charge on any atom is -0.507 e. The van der Waals surface area contributed by atoms with Crippen molar-refractivity contribution in [2.75, 3.05) is 21.3 Å². The van der Waals surface area contributed by atoms with Gasteiger partial charge in [0.25, 0.3) is 0 Å². The summed E-state index contributed by atoms with van der Waals surface area (Å²) in [4.78, 5) is 4.65. The second-order valence-corrected chi connectivity index (χ2v) is 6.78. The lowest BCUT2D eigenvalue weighted by Gasteiger charge is -2.09. The van der Waals surface area contributed by atoms with Gasteiger partial charge in [-0.1, -0.05) is 48.4 Å². The molecule has 4 aromatic rings. The van der Waals surface area contributed by atoms with E-state index in [9.17, 15) is 10.2 Å². The van der Waals surface area contributed by atoms with Gasteiger partial charge in [-0.3, -0.25) is 0 Å². The quantitative estimate of drug-likeness (QED) is 0.186. The summed E-state index contributed by atoms with van der Waals surface area (Å²) in [7, 11) is 4.64. The van der Waals surface area contributed by atoms with E-state index in [4.69, 9.17) is 14.7 Å². The fourth-order valence-corrected chi connectivity index (χ4v) is 3.52. The molecule has 0 unspecified atom stereocenters. The highest BCUT2D eigenvalue weighted by Crippen LogP contribution is 2.34. The van der Waals surface area contributed by atoms with Gasteiger partial charge in [0, 0.05) is 32.7 Å². The Morgan fingerprint density at radius 3 is 1.51 bits per heavy atom. The molecule has 0 saturated heterocycles. The van der Waals surface area contributed by atoms with Gasteiger partial charge >= 0.3 is 0 Å². The molecule has 8 heteroatoms. The highest BCUT2D eigenvalue weighted by atomic mass is 16.6. The SMILES string of the molecule is CC.CO/N=C/c1ccc(OC)c2cccc(O)c12.COc1ccc(/C=N/O)c2c(O)cccc12. The molecule has 0 radical (unpaired) electrons. The Labute approximate surface area is 204 Å². The predicted molar refractivity (Wildman–Crippen MR) is 140 cm³/mol. The molecule has 0 aromatic heterocycles. The fraction of sp³-hybridized carbons (Fsp3) is 0.185. The zero-order valence-electron chi connectivity index (χ0n) is 20.4. The van der Waals surface area contributed by atoms with Crippen molar-refractivity contribution < 1.29 is 29.7 Å². The van der Waals surface area contributed by atoms with Crippen molar-refractivity contribution >= 4 is 34.0 Å². The van der Waals surface area contributed by atoms with Crippen molar-refractivity contribution in [1.29, 1.82) is 0 Å². The number of methoxy groups -OCH3 is 2. The molecular formula is C27H30N2O6. The molecule has 4 aromatic carbocycles. The monoisotopic (exact) mass is 478 g/mol. The number of hydrogen-bond acceptors (Lipinski definition) is 8. The van der Waals surface area contributed by atoms with Gasteiger partial charge in [0.15, 0.2) is 0 Å². The molecule has 0 saturated carbocycles. The van der Waals surface area contributed by atoms with Crippen LogP contribution in [0.3, 0.4) is 0 Å². The van der Waals surface area contributed by atoms with Gasteiger partial charge in [0.05, 0.1) is 26.6 Å². The van der Waals surface area contributed by atoms with E-state index in [1.165, 1.54) is 13.3 Å².